The third-order valence-corrected chi connectivity index (χ3v) is 4.90. The number of carboxylic acid groups (broad SMARTS) is 1. The number of ether oxygens (including phenoxy) is 2. The second kappa shape index (κ2) is 11.7. The second-order valence-corrected chi connectivity index (χ2v) is 7.99. The summed E-state index contributed by atoms with van der Waals surface area (Å²) in [5, 5.41) is 12.1. The number of carbonyl (C=O) groups is 2. The van der Waals surface area contributed by atoms with E-state index in [-0.39, 0.29) is 19.1 Å². The number of carbonyl (C=O) groups excluding carboxylic acids is 1. The van der Waals surface area contributed by atoms with Crippen LogP contribution in [0.25, 0.3) is 6.08 Å². The van der Waals surface area contributed by atoms with Crippen molar-refractivity contribution in [3.63, 3.8) is 0 Å². The number of rotatable bonds is 10. The maximum absolute atomic E-state index is 12.7. The number of benzene rings is 2. The molecule has 1 atom stereocenters. The van der Waals surface area contributed by atoms with E-state index in [9.17, 15) is 27.9 Å². The Bertz CT molecular complexity index is 1030. The molecule has 0 saturated heterocycles. The van der Waals surface area contributed by atoms with Gasteiger partial charge in [0, 0.05) is 24.1 Å². The van der Waals surface area contributed by atoms with Crippen LogP contribution in [0.5, 0.6) is 5.75 Å². The molecule has 0 aliphatic heterocycles. The van der Waals surface area contributed by atoms with Crippen molar-refractivity contribution in [1.82, 2.24) is 5.32 Å². The molecule has 0 bridgehead atoms. The van der Waals surface area contributed by atoms with E-state index < -0.39 is 29.7 Å². The molecule has 9 heteroatoms. The topological polar surface area (TPSA) is 84.9 Å². The Morgan fingerprint density at radius 2 is 1.76 bits per heavy atom. The van der Waals surface area contributed by atoms with Gasteiger partial charge in [-0.15, -0.1) is 0 Å². The molecule has 1 unspecified atom stereocenters. The van der Waals surface area contributed by atoms with Crippen molar-refractivity contribution < 1.29 is 37.3 Å². The van der Waals surface area contributed by atoms with Gasteiger partial charge in [-0.05, 0) is 56.2 Å². The van der Waals surface area contributed by atoms with Crippen LogP contribution in [0, 0.1) is 0 Å². The second-order valence-electron chi connectivity index (χ2n) is 7.99. The van der Waals surface area contributed by atoms with Crippen LogP contribution in [0.15, 0.2) is 48.0 Å². The van der Waals surface area contributed by atoms with E-state index in [4.69, 9.17) is 9.47 Å². The van der Waals surface area contributed by atoms with Gasteiger partial charge < -0.3 is 19.9 Å². The Morgan fingerprint density at radius 1 is 1.12 bits per heavy atom. The van der Waals surface area contributed by atoms with E-state index in [2.05, 4.69) is 5.32 Å². The smallest absolute Gasteiger partial charge is 0.416 e. The van der Waals surface area contributed by atoms with Crippen molar-refractivity contribution in [3.8, 4) is 5.75 Å². The monoisotopic (exact) mass is 479 g/mol. The van der Waals surface area contributed by atoms with Gasteiger partial charge in [0.05, 0.1) is 18.8 Å². The fourth-order valence-corrected chi connectivity index (χ4v) is 3.23. The van der Waals surface area contributed by atoms with E-state index >= 15 is 0 Å². The number of methoxy groups -OCH3 is 1. The Kier molecular flexibility index (Phi) is 9.26. The van der Waals surface area contributed by atoms with Gasteiger partial charge in [-0.25, -0.2) is 4.79 Å². The molecule has 2 N–H and O–H groups in total. The van der Waals surface area contributed by atoms with E-state index in [1.807, 2.05) is 0 Å². The maximum Gasteiger partial charge on any atom is 0.416 e. The Labute approximate surface area is 196 Å². The Morgan fingerprint density at radius 3 is 2.29 bits per heavy atom. The van der Waals surface area contributed by atoms with Gasteiger partial charge in [-0.3, -0.25) is 4.79 Å². The first-order chi connectivity index (χ1) is 15.9. The summed E-state index contributed by atoms with van der Waals surface area (Å²) >= 11 is 0. The number of hydrogen-bond donors (Lipinski definition) is 2. The minimum atomic E-state index is -4.42. The molecule has 1 amide bonds. The first-order valence-electron chi connectivity index (χ1n) is 10.6. The molecular formula is C25H28F3NO5. The summed E-state index contributed by atoms with van der Waals surface area (Å²) in [4.78, 5) is 24.0. The standard InChI is InChI=1S/C25H28F3NO5/c1-15(2)34-22(24(31)32)13-18-7-10-21(33-4)19(12-18)14-29-23(30)16(3)11-17-5-8-20(9-6-17)25(26,27)28/h5-12,15,22H,13-14H2,1-4H3,(H,29,30)(H,31,32). The quantitative estimate of drug-likeness (QED) is 0.476. The highest BCUT2D eigenvalue weighted by molar-refractivity contribution is 5.97. The summed E-state index contributed by atoms with van der Waals surface area (Å²) in [5.74, 6) is -0.951. The van der Waals surface area contributed by atoms with Crippen molar-refractivity contribution in [2.45, 2.75) is 52.1 Å². The van der Waals surface area contributed by atoms with Crippen molar-refractivity contribution in [3.05, 3.63) is 70.3 Å². The molecule has 2 rings (SSSR count). The molecule has 2 aromatic rings. The summed E-state index contributed by atoms with van der Waals surface area (Å²) in [6, 6.07) is 9.68. The molecule has 184 valence electrons. The summed E-state index contributed by atoms with van der Waals surface area (Å²) < 4.78 is 48.9. The van der Waals surface area contributed by atoms with E-state index in [1.165, 1.54) is 25.3 Å². The molecule has 0 aliphatic rings. The normalized spacial score (nSPS) is 13.0. The van der Waals surface area contributed by atoms with Crippen molar-refractivity contribution >= 4 is 18.0 Å². The number of amides is 1. The number of halogens is 3. The zero-order valence-corrected chi connectivity index (χ0v) is 19.4. The summed E-state index contributed by atoms with van der Waals surface area (Å²) in [5.41, 5.74) is 1.36. The van der Waals surface area contributed by atoms with Crippen LogP contribution in [0.1, 0.15) is 43.0 Å². The Hall–Kier alpha value is -3.33. The summed E-state index contributed by atoms with van der Waals surface area (Å²) in [7, 11) is 1.48. The first-order valence-corrected chi connectivity index (χ1v) is 10.6. The molecular weight excluding hydrogens is 451 g/mol. The third kappa shape index (κ3) is 7.91. The highest BCUT2D eigenvalue weighted by atomic mass is 19.4. The van der Waals surface area contributed by atoms with Gasteiger partial charge in [0.15, 0.2) is 6.10 Å². The van der Waals surface area contributed by atoms with Gasteiger partial charge in [0.25, 0.3) is 0 Å². The third-order valence-electron chi connectivity index (χ3n) is 4.90. The van der Waals surface area contributed by atoms with Gasteiger partial charge in [0.1, 0.15) is 5.75 Å². The Balaban J connectivity index is 2.10. The fraction of sp³-hybridized carbons (Fsp3) is 0.360. The van der Waals surface area contributed by atoms with Crippen LogP contribution in [0.4, 0.5) is 13.2 Å². The molecule has 0 heterocycles. The minimum absolute atomic E-state index is 0.108. The minimum Gasteiger partial charge on any atom is -0.496 e. The molecule has 0 aromatic heterocycles. The lowest BCUT2D eigenvalue weighted by atomic mass is 10.0. The van der Waals surface area contributed by atoms with Gasteiger partial charge in [0.2, 0.25) is 5.91 Å². The molecule has 0 saturated carbocycles. The first kappa shape index (κ1) is 26.9. The summed E-state index contributed by atoms with van der Waals surface area (Å²) in [6.45, 7) is 5.18. The number of carboxylic acids is 1. The van der Waals surface area contributed by atoms with Crippen LogP contribution in [-0.2, 0) is 33.5 Å². The lowest BCUT2D eigenvalue weighted by Crippen LogP contribution is -2.29. The number of hydrogen-bond acceptors (Lipinski definition) is 4. The van der Waals surface area contributed by atoms with Crippen LogP contribution >= 0.6 is 0 Å². The van der Waals surface area contributed by atoms with Crippen LogP contribution in [0.3, 0.4) is 0 Å². The maximum atomic E-state index is 12.7. The molecule has 2 aromatic carbocycles. The van der Waals surface area contributed by atoms with Crippen LogP contribution in [-0.4, -0.2) is 36.3 Å². The molecule has 0 radical (unpaired) electrons. The zero-order chi connectivity index (χ0) is 25.5. The van der Waals surface area contributed by atoms with Crippen LogP contribution in [0.2, 0.25) is 0 Å². The molecule has 34 heavy (non-hydrogen) atoms. The average Bonchev–Trinajstić information content (AvgIpc) is 2.76. The molecule has 0 spiro atoms. The zero-order valence-electron chi connectivity index (χ0n) is 19.4. The molecule has 0 aliphatic carbocycles. The molecule has 6 nitrogen and oxygen atoms in total. The van der Waals surface area contributed by atoms with Gasteiger partial charge >= 0.3 is 12.1 Å². The number of nitrogens with one attached hydrogen (secondary N) is 1. The lowest BCUT2D eigenvalue weighted by Gasteiger charge is -2.18. The SMILES string of the molecule is COc1ccc(CC(OC(C)C)C(=O)O)cc1CNC(=O)C(C)=Cc1ccc(C(F)(F)F)cc1. The fourth-order valence-electron chi connectivity index (χ4n) is 3.23. The predicted octanol–water partition coefficient (Wildman–Crippen LogP) is 4.85. The highest BCUT2D eigenvalue weighted by Crippen LogP contribution is 2.29. The largest absolute Gasteiger partial charge is 0.496 e. The number of aliphatic carboxylic acids is 1. The number of alkyl halides is 3. The average molecular weight is 479 g/mol. The van der Waals surface area contributed by atoms with E-state index in [0.717, 1.165) is 12.1 Å². The molecule has 0 fully saturated rings. The van der Waals surface area contributed by atoms with Crippen molar-refractivity contribution in [2.24, 2.45) is 0 Å². The lowest BCUT2D eigenvalue weighted by molar-refractivity contribution is -0.153. The van der Waals surface area contributed by atoms with Gasteiger partial charge in [-0.1, -0.05) is 24.3 Å². The van der Waals surface area contributed by atoms with Crippen molar-refractivity contribution in [2.75, 3.05) is 7.11 Å². The van der Waals surface area contributed by atoms with E-state index in [1.54, 1.807) is 39.0 Å². The predicted molar refractivity (Wildman–Crippen MR) is 121 cm³/mol. The van der Waals surface area contributed by atoms with Crippen LogP contribution < -0.4 is 10.1 Å². The van der Waals surface area contributed by atoms with Gasteiger partial charge in [-0.2, -0.15) is 13.2 Å². The van der Waals surface area contributed by atoms with Crippen molar-refractivity contribution in [1.29, 1.82) is 0 Å². The van der Waals surface area contributed by atoms with E-state index in [0.29, 0.717) is 28.0 Å². The summed E-state index contributed by atoms with van der Waals surface area (Å²) in [6.07, 6.45) is -4.05. The highest BCUT2D eigenvalue weighted by Gasteiger charge is 2.29.